The molecule has 6 nitrogen and oxygen atoms in total. The summed E-state index contributed by atoms with van der Waals surface area (Å²) in [5, 5.41) is 7.74. The summed E-state index contributed by atoms with van der Waals surface area (Å²) in [7, 11) is 2.10. The van der Waals surface area contributed by atoms with Crippen molar-refractivity contribution in [3.05, 3.63) is 47.5 Å². The second-order valence-electron chi connectivity index (χ2n) is 7.04. The van der Waals surface area contributed by atoms with Gasteiger partial charge < -0.3 is 0 Å². The molecule has 0 bridgehead atoms. The average molecular weight is 337 g/mol. The van der Waals surface area contributed by atoms with Crippen LogP contribution in [0.4, 0.5) is 0 Å². The molecule has 0 radical (unpaired) electrons. The van der Waals surface area contributed by atoms with Crippen molar-refractivity contribution in [3.8, 4) is 0 Å². The molecule has 0 N–H and O–H groups in total. The molecule has 1 aromatic carbocycles. The van der Waals surface area contributed by atoms with Crippen molar-refractivity contribution in [2.75, 3.05) is 7.05 Å². The van der Waals surface area contributed by atoms with Gasteiger partial charge in [-0.25, -0.2) is 14.6 Å². The minimum Gasteiger partial charge on any atom is -0.298 e. The number of rotatable bonds is 5. The largest absolute Gasteiger partial charge is 0.298 e. The summed E-state index contributed by atoms with van der Waals surface area (Å²) < 4.78 is 4.75. The number of benzene rings is 1. The summed E-state index contributed by atoms with van der Waals surface area (Å²) in [4.78, 5) is 11.5. The van der Waals surface area contributed by atoms with Crippen LogP contribution in [0.25, 0.3) is 11.0 Å². The first-order valence-electron chi connectivity index (χ1n) is 8.98. The van der Waals surface area contributed by atoms with E-state index < -0.39 is 0 Å². The number of fused-ring (bicyclic) bond motifs is 1. The monoisotopic (exact) mass is 337 g/mol. The lowest BCUT2D eigenvalue weighted by molar-refractivity contribution is 0.315. The molecule has 0 spiro atoms. The highest BCUT2D eigenvalue weighted by molar-refractivity contribution is 5.73. The highest BCUT2D eigenvalue weighted by atomic mass is 16.6. The Kier molecular flexibility index (Phi) is 4.70. The van der Waals surface area contributed by atoms with Crippen molar-refractivity contribution in [1.82, 2.24) is 25.2 Å². The summed E-state index contributed by atoms with van der Waals surface area (Å²) in [6.45, 7) is 1.65. The van der Waals surface area contributed by atoms with Crippen LogP contribution in [0, 0.1) is 0 Å². The van der Waals surface area contributed by atoms with Crippen LogP contribution in [-0.4, -0.2) is 32.2 Å². The fourth-order valence-electron chi connectivity index (χ4n) is 3.62. The second-order valence-corrected chi connectivity index (χ2v) is 7.04. The Morgan fingerprint density at radius 2 is 1.68 bits per heavy atom. The molecule has 130 valence electrons. The van der Waals surface area contributed by atoms with E-state index >= 15 is 0 Å². The van der Waals surface area contributed by atoms with E-state index in [1.165, 1.54) is 37.7 Å². The molecule has 0 aliphatic heterocycles. The molecule has 25 heavy (non-hydrogen) atoms. The molecule has 4 rings (SSSR count). The minimum atomic E-state index is 0.559. The zero-order valence-corrected chi connectivity index (χ0v) is 14.6. The predicted octanol–water partition coefficient (Wildman–Crippen LogP) is 3.69. The van der Waals surface area contributed by atoms with Gasteiger partial charge in [-0.2, -0.15) is 0 Å². The lowest BCUT2D eigenvalue weighted by Crippen LogP contribution is -2.18. The first kappa shape index (κ1) is 16.1. The Morgan fingerprint density at radius 1 is 0.960 bits per heavy atom. The number of hydrogen-bond donors (Lipinski definition) is 0. The molecule has 2 aromatic heterocycles. The van der Waals surface area contributed by atoms with Crippen molar-refractivity contribution in [3.63, 3.8) is 0 Å². The van der Waals surface area contributed by atoms with Crippen LogP contribution in [0.15, 0.2) is 35.2 Å². The van der Waals surface area contributed by atoms with Crippen LogP contribution in [0.3, 0.4) is 0 Å². The van der Waals surface area contributed by atoms with E-state index in [9.17, 15) is 0 Å². The van der Waals surface area contributed by atoms with Gasteiger partial charge in [-0.1, -0.05) is 25.3 Å². The van der Waals surface area contributed by atoms with Crippen molar-refractivity contribution in [1.29, 1.82) is 0 Å². The molecule has 1 aliphatic rings. The summed E-state index contributed by atoms with van der Waals surface area (Å²) in [5.41, 5.74) is 3.92. The molecule has 0 amide bonds. The van der Waals surface area contributed by atoms with Gasteiger partial charge in [0.25, 0.3) is 0 Å². The van der Waals surface area contributed by atoms with Gasteiger partial charge in [0.1, 0.15) is 16.9 Å². The Hall–Kier alpha value is -2.34. The number of nitrogens with zero attached hydrogens (tertiary/aromatic N) is 5. The number of aromatic nitrogens is 4. The van der Waals surface area contributed by atoms with Crippen molar-refractivity contribution >= 4 is 11.0 Å². The van der Waals surface area contributed by atoms with Crippen LogP contribution < -0.4 is 0 Å². The van der Waals surface area contributed by atoms with Crippen molar-refractivity contribution in [2.45, 2.75) is 51.1 Å². The van der Waals surface area contributed by atoms with E-state index in [1.54, 1.807) is 0 Å². The van der Waals surface area contributed by atoms with Gasteiger partial charge in [-0.3, -0.25) is 4.90 Å². The van der Waals surface area contributed by atoms with E-state index in [2.05, 4.69) is 38.3 Å². The first-order chi connectivity index (χ1) is 12.3. The topological polar surface area (TPSA) is 67.9 Å². The Bertz CT molecular complexity index is 823. The average Bonchev–Trinajstić information content (AvgIpc) is 3.11. The Balaban J connectivity index is 1.37. The molecular weight excluding hydrogens is 314 g/mol. The predicted molar refractivity (Wildman–Crippen MR) is 94.8 cm³/mol. The molecule has 2 heterocycles. The van der Waals surface area contributed by atoms with E-state index in [0.717, 1.165) is 35.5 Å². The molecule has 1 saturated carbocycles. The van der Waals surface area contributed by atoms with Gasteiger partial charge in [0.2, 0.25) is 0 Å². The maximum Gasteiger partial charge on any atom is 0.135 e. The van der Waals surface area contributed by atoms with Crippen LogP contribution in [0.2, 0.25) is 0 Å². The van der Waals surface area contributed by atoms with Crippen LogP contribution in [0.5, 0.6) is 0 Å². The number of hydrogen-bond acceptors (Lipinski definition) is 6. The molecule has 1 fully saturated rings. The summed E-state index contributed by atoms with van der Waals surface area (Å²) in [6, 6.07) is 6.02. The zero-order chi connectivity index (χ0) is 17.1. The standard InChI is InChI=1S/C19H23N5O/c1-24(12-14-7-8-17-18(9-14)23-25-22-17)13-15-10-20-19(21-11-15)16-5-3-2-4-6-16/h7-11,16H,2-6,12-13H2,1H3. The maximum absolute atomic E-state index is 4.75. The zero-order valence-electron chi connectivity index (χ0n) is 14.6. The molecule has 0 saturated heterocycles. The van der Waals surface area contributed by atoms with E-state index in [4.69, 9.17) is 4.63 Å². The molecule has 1 aliphatic carbocycles. The van der Waals surface area contributed by atoms with Gasteiger partial charge >= 0.3 is 0 Å². The Morgan fingerprint density at radius 3 is 2.48 bits per heavy atom. The van der Waals surface area contributed by atoms with Gasteiger partial charge in [0.15, 0.2) is 0 Å². The first-order valence-corrected chi connectivity index (χ1v) is 8.98. The molecule has 0 atom stereocenters. The van der Waals surface area contributed by atoms with Crippen LogP contribution >= 0.6 is 0 Å². The van der Waals surface area contributed by atoms with Gasteiger partial charge in [0, 0.05) is 37.0 Å². The molecule has 6 heteroatoms. The van der Waals surface area contributed by atoms with E-state index in [1.807, 2.05) is 24.5 Å². The van der Waals surface area contributed by atoms with Crippen LogP contribution in [0.1, 0.15) is 55.0 Å². The van der Waals surface area contributed by atoms with Crippen molar-refractivity contribution < 1.29 is 4.63 Å². The van der Waals surface area contributed by atoms with Gasteiger partial charge in [-0.05, 0) is 47.9 Å². The smallest absolute Gasteiger partial charge is 0.135 e. The lowest BCUT2D eigenvalue weighted by Gasteiger charge is -2.20. The second kappa shape index (κ2) is 7.27. The molecule has 3 aromatic rings. The van der Waals surface area contributed by atoms with E-state index in [-0.39, 0.29) is 0 Å². The highest BCUT2D eigenvalue weighted by Gasteiger charge is 2.17. The fourth-order valence-corrected chi connectivity index (χ4v) is 3.62. The summed E-state index contributed by atoms with van der Waals surface area (Å²) >= 11 is 0. The third-order valence-corrected chi connectivity index (χ3v) is 4.92. The SMILES string of the molecule is CN(Cc1cnc(C2CCCCC2)nc1)Cc1ccc2nonc2c1. The quantitative estimate of drug-likeness (QED) is 0.707. The minimum absolute atomic E-state index is 0.559. The highest BCUT2D eigenvalue weighted by Crippen LogP contribution is 2.30. The normalized spacial score (nSPS) is 15.9. The molecular formula is C19H23N5O. The van der Waals surface area contributed by atoms with E-state index in [0.29, 0.717) is 5.92 Å². The fraction of sp³-hybridized carbons (Fsp3) is 0.474. The Labute approximate surface area is 147 Å². The van der Waals surface area contributed by atoms with Crippen molar-refractivity contribution in [2.24, 2.45) is 0 Å². The third kappa shape index (κ3) is 3.85. The van der Waals surface area contributed by atoms with Gasteiger partial charge in [-0.15, -0.1) is 0 Å². The molecule has 0 unspecified atom stereocenters. The van der Waals surface area contributed by atoms with Gasteiger partial charge in [0.05, 0.1) is 0 Å². The summed E-state index contributed by atoms with van der Waals surface area (Å²) in [6.07, 6.45) is 10.4. The third-order valence-electron chi connectivity index (χ3n) is 4.92. The lowest BCUT2D eigenvalue weighted by atomic mass is 9.89. The summed E-state index contributed by atoms with van der Waals surface area (Å²) in [5.74, 6) is 1.58. The maximum atomic E-state index is 4.75. The van der Waals surface area contributed by atoms with Crippen LogP contribution in [-0.2, 0) is 13.1 Å².